The van der Waals surface area contributed by atoms with Crippen molar-refractivity contribution in [2.45, 2.75) is 6.92 Å². The van der Waals surface area contributed by atoms with Gasteiger partial charge in [0, 0.05) is 25.8 Å². The van der Waals surface area contributed by atoms with Crippen molar-refractivity contribution in [1.29, 1.82) is 0 Å². The first-order valence-electron chi connectivity index (χ1n) is 5.79. The molecule has 0 aliphatic heterocycles. The number of hydrogen-bond acceptors (Lipinski definition) is 3. The maximum atomic E-state index is 12.3. The summed E-state index contributed by atoms with van der Waals surface area (Å²) in [6.07, 6.45) is 1.68. The van der Waals surface area contributed by atoms with Crippen LogP contribution in [0.5, 0.6) is 5.75 Å². The van der Waals surface area contributed by atoms with Crippen LogP contribution >= 0.6 is 0 Å². The fraction of sp³-hybridized carbons (Fsp3) is 0.357. The molecule has 1 rings (SSSR count). The van der Waals surface area contributed by atoms with Crippen LogP contribution in [0.2, 0.25) is 0 Å². The first-order valence-corrected chi connectivity index (χ1v) is 5.79. The lowest BCUT2D eigenvalue weighted by Gasteiger charge is -2.21. The summed E-state index contributed by atoms with van der Waals surface area (Å²) in [6, 6.07) is 4.73. The van der Waals surface area contributed by atoms with E-state index in [0.29, 0.717) is 25.3 Å². The second-order valence-corrected chi connectivity index (χ2v) is 4.03. The number of nitrogens with zero attached hydrogens (tertiary/aromatic N) is 1. The predicted octanol–water partition coefficient (Wildman–Crippen LogP) is 1.98. The van der Waals surface area contributed by atoms with Crippen LogP contribution in [0.1, 0.15) is 15.9 Å². The second-order valence-electron chi connectivity index (χ2n) is 4.03. The van der Waals surface area contributed by atoms with Crippen LogP contribution in [-0.2, 0) is 4.74 Å². The lowest BCUT2D eigenvalue weighted by atomic mass is 10.1. The van der Waals surface area contributed by atoms with Crippen molar-refractivity contribution in [3.8, 4) is 5.75 Å². The van der Waals surface area contributed by atoms with E-state index in [9.17, 15) is 9.90 Å². The molecule has 4 nitrogen and oxygen atoms in total. The van der Waals surface area contributed by atoms with Gasteiger partial charge in [-0.2, -0.15) is 0 Å². The molecule has 1 aromatic rings. The van der Waals surface area contributed by atoms with Gasteiger partial charge in [-0.1, -0.05) is 6.08 Å². The Balaban J connectivity index is 2.90. The standard InChI is InChI=1S/C14H19NO3/c1-4-7-15(8-9-18-3)14(17)13-6-5-12(16)10-11(13)2/h4-6,10,16H,1,7-9H2,2-3H3. The van der Waals surface area contributed by atoms with E-state index in [2.05, 4.69) is 6.58 Å². The first kappa shape index (κ1) is 14.3. The first-order chi connectivity index (χ1) is 8.60. The molecule has 1 amide bonds. The molecule has 4 heteroatoms. The molecule has 0 aliphatic carbocycles. The van der Waals surface area contributed by atoms with Gasteiger partial charge in [0.1, 0.15) is 5.75 Å². The van der Waals surface area contributed by atoms with Crippen LogP contribution < -0.4 is 0 Å². The van der Waals surface area contributed by atoms with E-state index >= 15 is 0 Å². The Hall–Kier alpha value is -1.81. The third kappa shape index (κ3) is 3.60. The van der Waals surface area contributed by atoms with Gasteiger partial charge >= 0.3 is 0 Å². The van der Waals surface area contributed by atoms with Gasteiger partial charge in [-0.25, -0.2) is 0 Å². The molecule has 0 radical (unpaired) electrons. The van der Waals surface area contributed by atoms with Crippen molar-refractivity contribution in [3.05, 3.63) is 42.0 Å². The highest BCUT2D eigenvalue weighted by atomic mass is 16.5. The summed E-state index contributed by atoms with van der Waals surface area (Å²) in [5, 5.41) is 9.34. The number of aryl methyl sites for hydroxylation is 1. The molecule has 0 aliphatic rings. The Morgan fingerprint density at radius 1 is 1.56 bits per heavy atom. The fourth-order valence-corrected chi connectivity index (χ4v) is 1.69. The van der Waals surface area contributed by atoms with E-state index in [-0.39, 0.29) is 11.7 Å². The zero-order chi connectivity index (χ0) is 13.5. The molecule has 0 spiro atoms. The maximum Gasteiger partial charge on any atom is 0.254 e. The highest BCUT2D eigenvalue weighted by molar-refractivity contribution is 5.95. The number of ether oxygens (including phenoxy) is 1. The summed E-state index contributed by atoms with van der Waals surface area (Å²) in [6.45, 7) is 6.92. The van der Waals surface area contributed by atoms with E-state index in [1.165, 1.54) is 6.07 Å². The number of benzene rings is 1. The van der Waals surface area contributed by atoms with Gasteiger partial charge in [0.2, 0.25) is 0 Å². The number of rotatable bonds is 6. The summed E-state index contributed by atoms with van der Waals surface area (Å²) >= 11 is 0. The lowest BCUT2D eigenvalue weighted by molar-refractivity contribution is 0.0717. The van der Waals surface area contributed by atoms with Gasteiger partial charge in [-0.15, -0.1) is 6.58 Å². The number of hydrogen-bond donors (Lipinski definition) is 1. The molecule has 0 saturated heterocycles. The van der Waals surface area contributed by atoms with Gasteiger partial charge in [-0.05, 0) is 30.7 Å². The van der Waals surface area contributed by atoms with Gasteiger partial charge in [0.25, 0.3) is 5.91 Å². The minimum atomic E-state index is -0.0792. The minimum Gasteiger partial charge on any atom is -0.508 e. The van der Waals surface area contributed by atoms with Crippen LogP contribution in [0, 0.1) is 6.92 Å². The number of amides is 1. The van der Waals surface area contributed by atoms with Gasteiger partial charge in [-0.3, -0.25) is 4.79 Å². The summed E-state index contributed by atoms with van der Waals surface area (Å²) in [7, 11) is 1.60. The third-order valence-corrected chi connectivity index (χ3v) is 2.64. The average Bonchev–Trinajstić information content (AvgIpc) is 2.33. The number of carbonyl (C=O) groups excluding carboxylic acids is 1. The van der Waals surface area contributed by atoms with Crippen LogP contribution in [0.4, 0.5) is 0 Å². The summed E-state index contributed by atoms with van der Waals surface area (Å²) < 4.78 is 4.99. The zero-order valence-electron chi connectivity index (χ0n) is 10.8. The number of aromatic hydroxyl groups is 1. The fourth-order valence-electron chi connectivity index (χ4n) is 1.69. The Morgan fingerprint density at radius 2 is 2.28 bits per heavy atom. The highest BCUT2D eigenvalue weighted by Gasteiger charge is 2.16. The highest BCUT2D eigenvalue weighted by Crippen LogP contribution is 2.17. The molecule has 1 N–H and O–H groups in total. The number of carbonyl (C=O) groups is 1. The number of phenolic OH excluding ortho intramolecular Hbond substituents is 1. The van der Waals surface area contributed by atoms with Crippen molar-refractivity contribution in [2.75, 3.05) is 26.8 Å². The van der Waals surface area contributed by atoms with Crippen LogP contribution in [0.25, 0.3) is 0 Å². The lowest BCUT2D eigenvalue weighted by Crippen LogP contribution is -2.34. The van der Waals surface area contributed by atoms with Crippen LogP contribution in [0.3, 0.4) is 0 Å². The average molecular weight is 249 g/mol. The van der Waals surface area contributed by atoms with E-state index in [1.807, 2.05) is 0 Å². The normalized spacial score (nSPS) is 10.1. The van der Waals surface area contributed by atoms with E-state index in [1.54, 1.807) is 37.1 Å². The molecule has 18 heavy (non-hydrogen) atoms. The molecular formula is C14H19NO3. The molecule has 0 bridgehead atoms. The molecule has 0 fully saturated rings. The van der Waals surface area contributed by atoms with Crippen molar-refractivity contribution in [2.24, 2.45) is 0 Å². The van der Waals surface area contributed by atoms with Crippen molar-refractivity contribution < 1.29 is 14.6 Å². The quantitative estimate of drug-likeness (QED) is 0.784. The van der Waals surface area contributed by atoms with Crippen molar-refractivity contribution in [3.63, 3.8) is 0 Å². The Morgan fingerprint density at radius 3 is 2.83 bits per heavy atom. The summed E-state index contributed by atoms with van der Waals surface area (Å²) in [5.74, 6) is 0.0839. The van der Waals surface area contributed by atoms with E-state index in [4.69, 9.17) is 4.74 Å². The maximum absolute atomic E-state index is 12.3. The van der Waals surface area contributed by atoms with Crippen molar-refractivity contribution >= 4 is 5.91 Å². The summed E-state index contributed by atoms with van der Waals surface area (Å²) in [4.78, 5) is 14.0. The molecular weight excluding hydrogens is 230 g/mol. The topological polar surface area (TPSA) is 49.8 Å². The molecule has 0 aromatic heterocycles. The molecule has 98 valence electrons. The zero-order valence-corrected chi connectivity index (χ0v) is 10.8. The van der Waals surface area contributed by atoms with Crippen LogP contribution in [0.15, 0.2) is 30.9 Å². The molecule has 0 saturated carbocycles. The molecule has 0 atom stereocenters. The van der Waals surface area contributed by atoms with E-state index < -0.39 is 0 Å². The molecule has 0 heterocycles. The Labute approximate surface area is 107 Å². The monoisotopic (exact) mass is 249 g/mol. The summed E-state index contributed by atoms with van der Waals surface area (Å²) in [5.41, 5.74) is 1.34. The Kier molecular flexibility index (Phi) is 5.39. The largest absolute Gasteiger partial charge is 0.508 e. The Bertz CT molecular complexity index is 429. The SMILES string of the molecule is C=CCN(CCOC)C(=O)c1ccc(O)cc1C. The molecule has 0 unspecified atom stereocenters. The second kappa shape index (κ2) is 6.81. The van der Waals surface area contributed by atoms with E-state index in [0.717, 1.165) is 5.56 Å². The number of phenols is 1. The van der Waals surface area contributed by atoms with Gasteiger partial charge < -0.3 is 14.7 Å². The number of methoxy groups -OCH3 is 1. The van der Waals surface area contributed by atoms with Crippen LogP contribution in [-0.4, -0.2) is 42.7 Å². The third-order valence-electron chi connectivity index (χ3n) is 2.64. The van der Waals surface area contributed by atoms with Gasteiger partial charge in [0.05, 0.1) is 6.61 Å². The van der Waals surface area contributed by atoms with Gasteiger partial charge in [0.15, 0.2) is 0 Å². The predicted molar refractivity (Wildman–Crippen MR) is 70.8 cm³/mol. The molecule has 1 aromatic carbocycles. The van der Waals surface area contributed by atoms with Crippen molar-refractivity contribution in [1.82, 2.24) is 4.90 Å². The minimum absolute atomic E-state index is 0.0792. The smallest absolute Gasteiger partial charge is 0.254 e.